The van der Waals surface area contributed by atoms with Crippen LogP contribution in [0.25, 0.3) is 11.0 Å². The van der Waals surface area contributed by atoms with Crippen molar-refractivity contribution in [1.29, 1.82) is 0 Å². The maximum absolute atomic E-state index is 4.60. The summed E-state index contributed by atoms with van der Waals surface area (Å²) >= 11 is 0. The lowest BCUT2D eigenvalue weighted by atomic mass is 10.2. The Morgan fingerprint density at radius 2 is 2.25 bits per heavy atom. The second-order valence-corrected chi connectivity index (χ2v) is 4.34. The number of aryl methyl sites for hydroxylation is 1. The Hall–Kier alpha value is -1.35. The van der Waals surface area contributed by atoms with Gasteiger partial charge < -0.3 is 10.3 Å². The van der Waals surface area contributed by atoms with Gasteiger partial charge in [0.2, 0.25) is 0 Å². The van der Waals surface area contributed by atoms with E-state index < -0.39 is 0 Å². The summed E-state index contributed by atoms with van der Waals surface area (Å²) in [4.78, 5) is 7.94. The molecule has 0 saturated carbocycles. The predicted octanol–water partition coefficient (Wildman–Crippen LogP) is 2.76. The zero-order valence-corrected chi connectivity index (χ0v) is 10.2. The SMILES string of the molecule is CC[C@@H](C)NCc1nc2c(C)cccc2[nH]1. The van der Waals surface area contributed by atoms with Gasteiger partial charge in [-0.25, -0.2) is 4.98 Å². The van der Waals surface area contributed by atoms with Gasteiger partial charge in [0.15, 0.2) is 0 Å². The first-order valence-corrected chi connectivity index (χ1v) is 5.88. The van der Waals surface area contributed by atoms with Crippen LogP contribution in [0, 0.1) is 6.92 Å². The highest BCUT2D eigenvalue weighted by Crippen LogP contribution is 2.15. The Bertz CT molecular complexity index is 473. The second-order valence-electron chi connectivity index (χ2n) is 4.34. The Morgan fingerprint density at radius 3 is 2.94 bits per heavy atom. The molecule has 1 aromatic carbocycles. The van der Waals surface area contributed by atoms with Crippen LogP contribution in [0.2, 0.25) is 0 Å². The Kier molecular flexibility index (Phi) is 3.25. The second kappa shape index (κ2) is 4.66. The molecule has 16 heavy (non-hydrogen) atoms. The summed E-state index contributed by atoms with van der Waals surface area (Å²) < 4.78 is 0. The molecule has 0 aliphatic heterocycles. The van der Waals surface area contributed by atoms with Crippen molar-refractivity contribution in [2.45, 2.75) is 39.8 Å². The van der Waals surface area contributed by atoms with Gasteiger partial charge in [-0.3, -0.25) is 0 Å². The number of aromatic amines is 1. The first-order chi connectivity index (χ1) is 7.70. The molecule has 1 atom stereocenters. The highest BCUT2D eigenvalue weighted by molar-refractivity contribution is 5.78. The maximum Gasteiger partial charge on any atom is 0.121 e. The molecule has 3 nitrogen and oxygen atoms in total. The van der Waals surface area contributed by atoms with E-state index in [1.165, 1.54) is 5.56 Å². The molecule has 1 aromatic heterocycles. The molecule has 0 saturated heterocycles. The van der Waals surface area contributed by atoms with E-state index in [4.69, 9.17) is 0 Å². The van der Waals surface area contributed by atoms with Crippen molar-refractivity contribution >= 4 is 11.0 Å². The van der Waals surface area contributed by atoms with Gasteiger partial charge in [0.1, 0.15) is 5.82 Å². The van der Waals surface area contributed by atoms with E-state index in [0.29, 0.717) is 6.04 Å². The van der Waals surface area contributed by atoms with Crippen LogP contribution in [0.1, 0.15) is 31.7 Å². The summed E-state index contributed by atoms with van der Waals surface area (Å²) in [5, 5.41) is 3.44. The molecule has 2 rings (SSSR count). The first kappa shape index (κ1) is 11.1. The number of nitrogens with zero attached hydrogens (tertiary/aromatic N) is 1. The molecule has 3 heteroatoms. The van der Waals surface area contributed by atoms with Gasteiger partial charge in [-0.05, 0) is 31.9 Å². The average molecular weight is 217 g/mol. The smallest absolute Gasteiger partial charge is 0.121 e. The highest BCUT2D eigenvalue weighted by atomic mass is 15.0. The number of hydrogen-bond donors (Lipinski definition) is 2. The van der Waals surface area contributed by atoms with Crippen molar-refractivity contribution in [3.63, 3.8) is 0 Å². The topological polar surface area (TPSA) is 40.7 Å². The first-order valence-electron chi connectivity index (χ1n) is 5.88. The number of aromatic nitrogens is 2. The minimum absolute atomic E-state index is 0.536. The predicted molar refractivity (Wildman–Crippen MR) is 67.4 cm³/mol. The molecule has 2 aromatic rings. The Morgan fingerprint density at radius 1 is 1.44 bits per heavy atom. The van der Waals surface area contributed by atoms with Gasteiger partial charge in [-0.1, -0.05) is 19.1 Å². The quantitative estimate of drug-likeness (QED) is 0.826. The lowest BCUT2D eigenvalue weighted by Crippen LogP contribution is -2.24. The molecule has 0 aliphatic rings. The van der Waals surface area contributed by atoms with E-state index >= 15 is 0 Å². The molecule has 0 fully saturated rings. The maximum atomic E-state index is 4.60. The molecule has 0 amide bonds. The van der Waals surface area contributed by atoms with Crippen LogP contribution >= 0.6 is 0 Å². The van der Waals surface area contributed by atoms with Crippen molar-refractivity contribution in [2.75, 3.05) is 0 Å². The highest BCUT2D eigenvalue weighted by Gasteiger charge is 2.05. The zero-order chi connectivity index (χ0) is 11.5. The number of rotatable bonds is 4. The fraction of sp³-hybridized carbons (Fsp3) is 0.462. The molecular formula is C13H19N3. The summed E-state index contributed by atoms with van der Waals surface area (Å²) in [5.41, 5.74) is 3.44. The fourth-order valence-electron chi connectivity index (χ4n) is 1.73. The molecule has 0 radical (unpaired) electrons. The molecule has 2 N–H and O–H groups in total. The number of fused-ring (bicyclic) bond motifs is 1. The average Bonchev–Trinajstić information content (AvgIpc) is 2.70. The van der Waals surface area contributed by atoms with Crippen LogP contribution < -0.4 is 5.32 Å². The molecule has 0 unspecified atom stereocenters. The van der Waals surface area contributed by atoms with E-state index in [0.717, 1.165) is 29.8 Å². The van der Waals surface area contributed by atoms with Gasteiger partial charge >= 0.3 is 0 Å². The van der Waals surface area contributed by atoms with Gasteiger partial charge in [-0.2, -0.15) is 0 Å². The summed E-state index contributed by atoms with van der Waals surface area (Å²) in [6, 6.07) is 6.76. The Balaban J connectivity index is 2.17. The molecular weight excluding hydrogens is 198 g/mol. The van der Waals surface area contributed by atoms with Crippen LogP contribution in [-0.2, 0) is 6.54 Å². The number of hydrogen-bond acceptors (Lipinski definition) is 2. The van der Waals surface area contributed by atoms with Crippen LogP contribution in [0.3, 0.4) is 0 Å². The molecule has 0 spiro atoms. The normalized spacial score (nSPS) is 13.2. The fourth-order valence-corrected chi connectivity index (χ4v) is 1.73. The van der Waals surface area contributed by atoms with Crippen molar-refractivity contribution in [3.05, 3.63) is 29.6 Å². The largest absolute Gasteiger partial charge is 0.341 e. The zero-order valence-electron chi connectivity index (χ0n) is 10.2. The van der Waals surface area contributed by atoms with Crippen molar-refractivity contribution in [1.82, 2.24) is 15.3 Å². The third kappa shape index (κ3) is 2.25. The van der Waals surface area contributed by atoms with Crippen LogP contribution in [-0.4, -0.2) is 16.0 Å². The van der Waals surface area contributed by atoms with Crippen LogP contribution in [0.4, 0.5) is 0 Å². The monoisotopic (exact) mass is 217 g/mol. The lowest BCUT2D eigenvalue weighted by Gasteiger charge is -2.08. The van der Waals surface area contributed by atoms with E-state index in [2.05, 4.69) is 54.3 Å². The third-order valence-electron chi connectivity index (χ3n) is 2.99. The number of nitrogens with one attached hydrogen (secondary N) is 2. The molecule has 86 valence electrons. The van der Waals surface area contributed by atoms with Crippen molar-refractivity contribution in [2.24, 2.45) is 0 Å². The molecule has 0 aliphatic carbocycles. The van der Waals surface area contributed by atoms with Crippen molar-refractivity contribution < 1.29 is 0 Å². The van der Waals surface area contributed by atoms with Gasteiger partial charge in [-0.15, -0.1) is 0 Å². The minimum atomic E-state index is 0.536. The third-order valence-corrected chi connectivity index (χ3v) is 2.99. The number of imidazole rings is 1. The van der Waals surface area contributed by atoms with Crippen LogP contribution in [0.15, 0.2) is 18.2 Å². The number of para-hydroxylation sites is 1. The van der Waals surface area contributed by atoms with E-state index in [1.807, 2.05) is 0 Å². The van der Waals surface area contributed by atoms with Gasteiger partial charge in [0.05, 0.1) is 17.6 Å². The van der Waals surface area contributed by atoms with E-state index in [-0.39, 0.29) is 0 Å². The van der Waals surface area contributed by atoms with E-state index in [9.17, 15) is 0 Å². The molecule has 0 bridgehead atoms. The number of benzene rings is 1. The molecule has 1 heterocycles. The lowest BCUT2D eigenvalue weighted by molar-refractivity contribution is 0.525. The standard InChI is InChI=1S/C13H19N3/c1-4-10(3)14-8-12-15-11-7-5-6-9(2)13(11)16-12/h5-7,10,14H,4,8H2,1-3H3,(H,15,16)/t10-/m1/s1. The summed E-state index contributed by atoms with van der Waals surface area (Å²) in [7, 11) is 0. The summed E-state index contributed by atoms with van der Waals surface area (Å²) in [5.74, 6) is 1.02. The minimum Gasteiger partial charge on any atom is -0.341 e. The van der Waals surface area contributed by atoms with Gasteiger partial charge in [0, 0.05) is 6.04 Å². The Labute approximate surface area is 96.3 Å². The number of H-pyrrole nitrogens is 1. The summed E-state index contributed by atoms with van der Waals surface area (Å²) in [6.45, 7) is 7.27. The van der Waals surface area contributed by atoms with Crippen LogP contribution in [0.5, 0.6) is 0 Å². The summed E-state index contributed by atoms with van der Waals surface area (Å²) in [6.07, 6.45) is 1.14. The van der Waals surface area contributed by atoms with Gasteiger partial charge in [0.25, 0.3) is 0 Å². The van der Waals surface area contributed by atoms with Crippen molar-refractivity contribution in [3.8, 4) is 0 Å². The van der Waals surface area contributed by atoms with E-state index in [1.54, 1.807) is 0 Å².